The molecule has 1 amide bonds. The lowest BCUT2D eigenvalue weighted by Gasteiger charge is -2.30. The van der Waals surface area contributed by atoms with Gasteiger partial charge in [0.15, 0.2) is 0 Å². The Morgan fingerprint density at radius 2 is 2.31 bits per heavy atom. The number of aromatic nitrogens is 1. The Balaban J connectivity index is 1.27. The van der Waals surface area contributed by atoms with Crippen LogP contribution in [0.5, 0.6) is 0 Å². The first-order valence-electron chi connectivity index (χ1n) is 10.1. The summed E-state index contributed by atoms with van der Waals surface area (Å²) in [6, 6.07) is 4.08. The van der Waals surface area contributed by atoms with Crippen LogP contribution in [0.25, 0.3) is 0 Å². The van der Waals surface area contributed by atoms with Gasteiger partial charge in [0.1, 0.15) is 0 Å². The first-order valence-corrected chi connectivity index (χ1v) is 10.1. The lowest BCUT2D eigenvalue weighted by atomic mass is 9.73. The Morgan fingerprint density at radius 1 is 1.42 bits per heavy atom. The smallest absolute Gasteiger partial charge is 0.222 e. The standard InChI is InChI=1S/C21H31N3O2/c1-23(2)13-17-18-14-24(15-21(18)10-9-19(17)26-21)20(25)8-4-3-6-16-7-5-11-22-12-16/h5,7,11-12,17-19H,3-4,6,8-10,13-15H2,1-2H3/t17-,18+,19+,21+/m0/s1. The zero-order valence-corrected chi connectivity index (χ0v) is 16.1. The molecule has 3 saturated heterocycles. The van der Waals surface area contributed by atoms with Crippen LogP contribution in [0.3, 0.4) is 0 Å². The van der Waals surface area contributed by atoms with Gasteiger partial charge < -0.3 is 14.5 Å². The number of aryl methyl sites for hydroxylation is 1. The maximum absolute atomic E-state index is 12.7. The third-order valence-corrected chi connectivity index (χ3v) is 6.54. The molecule has 3 fully saturated rings. The molecular weight excluding hydrogens is 326 g/mol. The number of amides is 1. The summed E-state index contributed by atoms with van der Waals surface area (Å²) in [5.41, 5.74) is 1.22. The number of ether oxygens (including phenoxy) is 1. The Labute approximate surface area is 156 Å². The van der Waals surface area contributed by atoms with Gasteiger partial charge in [-0.1, -0.05) is 6.07 Å². The zero-order chi connectivity index (χ0) is 18.1. The van der Waals surface area contributed by atoms with E-state index in [0.717, 1.165) is 45.3 Å². The Hall–Kier alpha value is -1.46. The van der Waals surface area contributed by atoms with Gasteiger partial charge in [0.25, 0.3) is 0 Å². The van der Waals surface area contributed by atoms with Crippen molar-refractivity contribution in [3.05, 3.63) is 30.1 Å². The van der Waals surface area contributed by atoms with Crippen molar-refractivity contribution in [1.29, 1.82) is 0 Å². The molecule has 2 bridgehead atoms. The van der Waals surface area contributed by atoms with Gasteiger partial charge in [-0.2, -0.15) is 0 Å². The average Bonchev–Trinajstić information content (AvgIpc) is 3.29. The second kappa shape index (κ2) is 7.28. The van der Waals surface area contributed by atoms with Crippen molar-refractivity contribution in [2.75, 3.05) is 33.7 Å². The predicted molar refractivity (Wildman–Crippen MR) is 101 cm³/mol. The van der Waals surface area contributed by atoms with E-state index in [4.69, 9.17) is 4.74 Å². The van der Waals surface area contributed by atoms with Gasteiger partial charge in [-0.25, -0.2) is 0 Å². The summed E-state index contributed by atoms with van der Waals surface area (Å²) in [5, 5.41) is 0. The molecule has 5 heteroatoms. The molecule has 4 rings (SSSR count). The van der Waals surface area contributed by atoms with Crippen LogP contribution in [0.2, 0.25) is 0 Å². The number of rotatable bonds is 7. The van der Waals surface area contributed by atoms with Crippen molar-refractivity contribution in [2.24, 2.45) is 11.8 Å². The lowest BCUT2D eigenvalue weighted by Crippen LogP contribution is -2.40. The fourth-order valence-corrected chi connectivity index (χ4v) is 5.36. The molecule has 0 aliphatic carbocycles. The number of nitrogens with zero attached hydrogens (tertiary/aromatic N) is 3. The number of hydrogen-bond donors (Lipinski definition) is 0. The molecule has 0 unspecified atom stereocenters. The molecule has 1 aromatic heterocycles. The van der Waals surface area contributed by atoms with Crippen LogP contribution in [0.4, 0.5) is 0 Å². The van der Waals surface area contributed by atoms with Crippen molar-refractivity contribution < 1.29 is 9.53 Å². The monoisotopic (exact) mass is 357 g/mol. The minimum Gasteiger partial charge on any atom is -0.369 e. The van der Waals surface area contributed by atoms with Crippen LogP contribution in [0.15, 0.2) is 24.5 Å². The molecule has 4 atom stereocenters. The van der Waals surface area contributed by atoms with Crippen molar-refractivity contribution in [1.82, 2.24) is 14.8 Å². The van der Waals surface area contributed by atoms with Gasteiger partial charge in [-0.15, -0.1) is 0 Å². The highest BCUT2D eigenvalue weighted by Gasteiger charge is 2.63. The molecule has 0 N–H and O–H groups in total. The van der Waals surface area contributed by atoms with E-state index in [1.807, 2.05) is 12.3 Å². The van der Waals surface area contributed by atoms with Gasteiger partial charge in [-0.05, 0) is 57.8 Å². The van der Waals surface area contributed by atoms with Crippen LogP contribution in [-0.4, -0.2) is 66.1 Å². The van der Waals surface area contributed by atoms with E-state index in [9.17, 15) is 4.79 Å². The molecule has 4 heterocycles. The SMILES string of the molecule is CN(C)C[C@H]1[C@H]2CN(C(=O)CCCCc3cccnc3)C[C@]23CC[C@H]1O3. The summed E-state index contributed by atoms with van der Waals surface area (Å²) in [4.78, 5) is 21.3. The number of likely N-dealkylation sites (tertiary alicyclic amines) is 1. The van der Waals surface area contributed by atoms with Crippen molar-refractivity contribution >= 4 is 5.91 Å². The predicted octanol–water partition coefficient (Wildman–Crippen LogP) is 2.36. The highest BCUT2D eigenvalue weighted by Crippen LogP contribution is 2.54. The number of fused-ring (bicyclic) bond motifs is 1. The number of carbonyl (C=O) groups is 1. The highest BCUT2D eigenvalue weighted by molar-refractivity contribution is 5.76. The summed E-state index contributed by atoms with van der Waals surface area (Å²) in [6.07, 6.45) is 10.1. The summed E-state index contributed by atoms with van der Waals surface area (Å²) >= 11 is 0. The second-order valence-electron chi connectivity index (χ2n) is 8.63. The quantitative estimate of drug-likeness (QED) is 0.703. The maximum atomic E-state index is 12.7. The third kappa shape index (κ3) is 3.39. The normalized spacial score (nSPS) is 32.4. The van der Waals surface area contributed by atoms with Crippen molar-refractivity contribution in [3.63, 3.8) is 0 Å². The van der Waals surface area contributed by atoms with Gasteiger partial charge in [0.05, 0.1) is 18.2 Å². The molecule has 0 aromatic carbocycles. The molecule has 0 saturated carbocycles. The van der Waals surface area contributed by atoms with Crippen molar-refractivity contribution in [2.45, 2.75) is 50.2 Å². The van der Waals surface area contributed by atoms with E-state index in [-0.39, 0.29) is 5.60 Å². The van der Waals surface area contributed by atoms with Crippen LogP contribution < -0.4 is 0 Å². The number of pyridine rings is 1. The summed E-state index contributed by atoms with van der Waals surface area (Å²) in [5.74, 6) is 1.43. The maximum Gasteiger partial charge on any atom is 0.222 e. The van der Waals surface area contributed by atoms with Gasteiger partial charge >= 0.3 is 0 Å². The highest BCUT2D eigenvalue weighted by atomic mass is 16.5. The van der Waals surface area contributed by atoms with E-state index in [1.165, 1.54) is 12.0 Å². The Morgan fingerprint density at radius 3 is 3.08 bits per heavy atom. The Kier molecular flexibility index (Phi) is 5.02. The molecular formula is C21H31N3O2. The fourth-order valence-electron chi connectivity index (χ4n) is 5.36. The number of unbranched alkanes of at least 4 members (excludes halogenated alkanes) is 1. The third-order valence-electron chi connectivity index (χ3n) is 6.54. The van der Waals surface area contributed by atoms with Crippen LogP contribution >= 0.6 is 0 Å². The molecule has 5 nitrogen and oxygen atoms in total. The summed E-state index contributed by atoms with van der Waals surface area (Å²) in [7, 11) is 4.28. The molecule has 0 radical (unpaired) electrons. The first-order chi connectivity index (χ1) is 12.6. The van der Waals surface area contributed by atoms with Crippen LogP contribution in [0.1, 0.15) is 37.7 Å². The topological polar surface area (TPSA) is 45.7 Å². The molecule has 3 aliphatic rings. The number of carbonyl (C=O) groups excluding carboxylic acids is 1. The molecule has 26 heavy (non-hydrogen) atoms. The van der Waals surface area contributed by atoms with Gasteiger partial charge in [-0.3, -0.25) is 9.78 Å². The van der Waals surface area contributed by atoms with Crippen molar-refractivity contribution in [3.8, 4) is 0 Å². The zero-order valence-electron chi connectivity index (χ0n) is 16.1. The molecule has 142 valence electrons. The summed E-state index contributed by atoms with van der Waals surface area (Å²) in [6.45, 7) is 2.79. The number of hydrogen-bond acceptors (Lipinski definition) is 4. The average molecular weight is 357 g/mol. The second-order valence-corrected chi connectivity index (χ2v) is 8.63. The minimum absolute atomic E-state index is 0.0310. The van der Waals surface area contributed by atoms with Gasteiger partial charge in [0, 0.05) is 43.7 Å². The summed E-state index contributed by atoms with van der Waals surface area (Å²) < 4.78 is 6.43. The largest absolute Gasteiger partial charge is 0.369 e. The van der Waals surface area contributed by atoms with E-state index in [2.05, 4.69) is 34.9 Å². The lowest BCUT2D eigenvalue weighted by molar-refractivity contribution is -0.131. The van der Waals surface area contributed by atoms with E-state index in [1.54, 1.807) is 6.20 Å². The molecule has 1 aromatic rings. The van der Waals surface area contributed by atoms with Crippen LogP contribution in [-0.2, 0) is 16.0 Å². The molecule has 3 aliphatic heterocycles. The van der Waals surface area contributed by atoms with Gasteiger partial charge in [0.2, 0.25) is 5.91 Å². The molecule has 1 spiro atoms. The minimum atomic E-state index is -0.0310. The van der Waals surface area contributed by atoms with E-state index >= 15 is 0 Å². The fraction of sp³-hybridized carbons (Fsp3) is 0.714. The first kappa shape index (κ1) is 17.9. The van der Waals surface area contributed by atoms with E-state index in [0.29, 0.717) is 30.3 Å². The van der Waals surface area contributed by atoms with Crippen LogP contribution in [0, 0.1) is 11.8 Å². The van der Waals surface area contributed by atoms with E-state index < -0.39 is 0 Å². The Bertz CT molecular complexity index is 635.